The number of rotatable bonds is 1. The van der Waals surface area contributed by atoms with Gasteiger partial charge in [-0.15, -0.1) is 0 Å². The summed E-state index contributed by atoms with van der Waals surface area (Å²) in [7, 11) is 0. The third kappa shape index (κ3) is 1.50. The number of carbonyl (C=O) groups is 1. The van der Waals surface area contributed by atoms with Crippen LogP contribution >= 0.6 is 11.6 Å². The molecular formula is C9H6ClNO3. The average molecular weight is 212 g/mol. The highest BCUT2D eigenvalue weighted by Gasteiger charge is 2.17. The van der Waals surface area contributed by atoms with Crippen molar-refractivity contribution in [1.29, 1.82) is 5.26 Å². The molecule has 0 aliphatic carbocycles. The molecule has 0 bridgehead atoms. The second-order valence-corrected chi connectivity index (χ2v) is 3.05. The van der Waals surface area contributed by atoms with Gasteiger partial charge in [-0.2, -0.15) is 5.26 Å². The maximum atomic E-state index is 10.6. The summed E-state index contributed by atoms with van der Waals surface area (Å²) in [6.45, 7) is 1.45. The van der Waals surface area contributed by atoms with E-state index >= 15 is 0 Å². The van der Waals surface area contributed by atoms with Gasteiger partial charge < -0.3 is 10.2 Å². The van der Waals surface area contributed by atoms with E-state index in [1.54, 1.807) is 6.07 Å². The van der Waals surface area contributed by atoms with Crippen molar-refractivity contribution < 1.29 is 15.0 Å². The highest BCUT2D eigenvalue weighted by molar-refractivity contribution is 6.32. The Bertz CT molecular complexity index is 448. The van der Waals surface area contributed by atoms with E-state index < -0.39 is 11.7 Å². The largest absolute Gasteiger partial charge is 0.507 e. The first-order valence-electron chi connectivity index (χ1n) is 3.64. The van der Waals surface area contributed by atoms with Crippen LogP contribution in [0.4, 0.5) is 0 Å². The summed E-state index contributed by atoms with van der Waals surface area (Å²) in [4.78, 5) is 10.6. The maximum Gasteiger partial charge on any atom is 0.339 e. The van der Waals surface area contributed by atoms with Gasteiger partial charge in [0.05, 0.1) is 10.6 Å². The van der Waals surface area contributed by atoms with Gasteiger partial charge >= 0.3 is 5.97 Å². The number of carboxylic acid groups (broad SMARTS) is 1. The number of hydrogen-bond acceptors (Lipinski definition) is 3. The zero-order valence-corrected chi connectivity index (χ0v) is 7.96. The molecule has 1 aromatic carbocycles. The lowest BCUT2D eigenvalue weighted by atomic mass is 10.1. The fourth-order valence-electron chi connectivity index (χ4n) is 1.03. The summed E-state index contributed by atoms with van der Waals surface area (Å²) >= 11 is 5.70. The van der Waals surface area contributed by atoms with Crippen molar-refractivity contribution in [2.75, 3.05) is 0 Å². The van der Waals surface area contributed by atoms with Gasteiger partial charge in [-0.05, 0) is 13.0 Å². The van der Waals surface area contributed by atoms with Crippen LogP contribution in [0, 0.1) is 18.3 Å². The zero-order valence-electron chi connectivity index (χ0n) is 7.21. The first kappa shape index (κ1) is 10.4. The Morgan fingerprint density at radius 2 is 2.21 bits per heavy atom. The topological polar surface area (TPSA) is 81.3 Å². The standard InChI is InChI=1S/C9H6ClNO3/c1-4-7(10)5(3-11)2-6(8(4)12)9(13)14/h2,12H,1H3,(H,13,14). The molecule has 0 aromatic heterocycles. The summed E-state index contributed by atoms with van der Waals surface area (Å²) in [5.74, 6) is -1.69. The summed E-state index contributed by atoms with van der Waals surface area (Å²) in [5.41, 5.74) is -0.0778. The smallest absolute Gasteiger partial charge is 0.339 e. The molecule has 0 heterocycles. The zero-order chi connectivity index (χ0) is 10.9. The molecule has 0 aliphatic heterocycles. The second kappa shape index (κ2) is 3.56. The Balaban J connectivity index is 3.59. The van der Waals surface area contributed by atoms with E-state index in [0.717, 1.165) is 6.07 Å². The molecular weight excluding hydrogens is 206 g/mol. The fourth-order valence-corrected chi connectivity index (χ4v) is 1.21. The molecule has 2 N–H and O–H groups in total. The molecule has 0 atom stereocenters. The van der Waals surface area contributed by atoms with Crippen LogP contribution in [0.2, 0.25) is 5.02 Å². The third-order valence-electron chi connectivity index (χ3n) is 1.82. The highest BCUT2D eigenvalue weighted by atomic mass is 35.5. The number of halogens is 1. The van der Waals surface area contributed by atoms with Crippen molar-refractivity contribution in [3.63, 3.8) is 0 Å². The molecule has 0 saturated carbocycles. The normalized spacial score (nSPS) is 9.50. The van der Waals surface area contributed by atoms with Crippen LogP contribution in [0.5, 0.6) is 5.75 Å². The predicted octanol–water partition coefficient (Wildman–Crippen LogP) is 1.92. The minimum Gasteiger partial charge on any atom is -0.507 e. The second-order valence-electron chi connectivity index (χ2n) is 2.68. The highest BCUT2D eigenvalue weighted by Crippen LogP contribution is 2.31. The van der Waals surface area contributed by atoms with Crippen LogP contribution in [-0.4, -0.2) is 16.2 Å². The van der Waals surface area contributed by atoms with Crippen molar-refractivity contribution in [1.82, 2.24) is 0 Å². The number of nitrogens with zero attached hydrogens (tertiary/aromatic N) is 1. The molecule has 0 unspecified atom stereocenters. The Morgan fingerprint density at radius 1 is 1.64 bits per heavy atom. The lowest BCUT2D eigenvalue weighted by molar-refractivity contribution is 0.0693. The number of carboxylic acids is 1. The van der Waals surface area contributed by atoms with Gasteiger partial charge in [0.25, 0.3) is 0 Å². The van der Waals surface area contributed by atoms with Crippen LogP contribution in [0.25, 0.3) is 0 Å². The number of hydrogen-bond donors (Lipinski definition) is 2. The molecule has 1 rings (SSSR count). The van der Waals surface area contributed by atoms with Crippen molar-refractivity contribution in [3.8, 4) is 11.8 Å². The number of nitriles is 1. The number of benzene rings is 1. The van der Waals surface area contributed by atoms with E-state index in [4.69, 9.17) is 22.0 Å². The summed E-state index contributed by atoms with van der Waals surface area (Å²) in [5, 5.41) is 26.8. The summed E-state index contributed by atoms with van der Waals surface area (Å²) in [6.07, 6.45) is 0. The lowest BCUT2D eigenvalue weighted by Crippen LogP contribution is -2.00. The van der Waals surface area contributed by atoms with Gasteiger partial charge in [-0.1, -0.05) is 11.6 Å². The van der Waals surface area contributed by atoms with Crippen LogP contribution < -0.4 is 0 Å². The van der Waals surface area contributed by atoms with Gasteiger partial charge in [0.2, 0.25) is 0 Å². The van der Waals surface area contributed by atoms with E-state index in [-0.39, 0.29) is 21.7 Å². The first-order chi connectivity index (χ1) is 6.49. The van der Waals surface area contributed by atoms with Gasteiger partial charge in [-0.3, -0.25) is 0 Å². The van der Waals surface area contributed by atoms with E-state index in [0.29, 0.717) is 0 Å². The third-order valence-corrected chi connectivity index (χ3v) is 2.30. The Hall–Kier alpha value is -1.73. The first-order valence-corrected chi connectivity index (χ1v) is 4.02. The van der Waals surface area contributed by atoms with Gasteiger partial charge in [0, 0.05) is 5.56 Å². The van der Waals surface area contributed by atoms with Gasteiger partial charge in [0.15, 0.2) is 0 Å². The van der Waals surface area contributed by atoms with Gasteiger partial charge in [0.1, 0.15) is 17.4 Å². The Kier molecular flexibility index (Phi) is 2.63. The average Bonchev–Trinajstić information content (AvgIpc) is 2.14. The molecule has 0 radical (unpaired) electrons. The molecule has 72 valence electrons. The molecule has 0 aliphatic rings. The molecule has 5 heteroatoms. The molecule has 0 saturated heterocycles. The molecule has 0 spiro atoms. The van der Waals surface area contributed by atoms with Crippen molar-refractivity contribution in [3.05, 3.63) is 27.8 Å². The number of phenols is 1. The molecule has 14 heavy (non-hydrogen) atoms. The predicted molar refractivity (Wildman–Crippen MR) is 49.5 cm³/mol. The molecule has 0 fully saturated rings. The maximum absolute atomic E-state index is 10.6. The van der Waals surface area contributed by atoms with E-state index in [1.165, 1.54) is 6.92 Å². The van der Waals surface area contributed by atoms with Crippen LogP contribution in [0.3, 0.4) is 0 Å². The fraction of sp³-hybridized carbons (Fsp3) is 0.111. The molecule has 0 amide bonds. The Morgan fingerprint density at radius 3 is 2.64 bits per heavy atom. The van der Waals surface area contributed by atoms with Crippen molar-refractivity contribution in [2.24, 2.45) is 0 Å². The Labute approximate surface area is 85.0 Å². The van der Waals surface area contributed by atoms with E-state index in [1.807, 2.05) is 0 Å². The van der Waals surface area contributed by atoms with Gasteiger partial charge in [-0.25, -0.2) is 4.79 Å². The lowest BCUT2D eigenvalue weighted by Gasteiger charge is -2.06. The minimum absolute atomic E-state index is 0.0411. The monoisotopic (exact) mass is 211 g/mol. The molecule has 1 aromatic rings. The SMILES string of the molecule is Cc1c(O)c(C(=O)O)cc(C#N)c1Cl. The summed E-state index contributed by atoms with van der Waals surface area (Å²) < 4.78 is 0. The molecule has 4 nitrogen and oxygen atoms in total. The summed E-state index contributed by atoms with van der Waals surface area (Å²) in [6, 6.07) is 2.80. The van der Waals surface area contributed by atoms with Crippen LogP contribution in [0.1, 0.15) is 21.5 Å². The van der Waals surface area contributed by atoms with Crippen LogP contribution in [0.15, 0.2) is 6.07 Å². The number of aromatic hydroxyl groups is 1. The quantitative estimate of drug-likeness (QED) is 0.744. The van der Waals surface area contributed by atoms with Crippen LogP contribution in [-0.2, 0) is 0 Å². The minimum atomic E-state index is -1.29. The number of aromatic carboxylic acids is 1. The van der Waals surface area contributed by atoms with Crippen molar-refractivity contribution in [2.45, 2.75) is 6.92 Å². The van der Waals surface area contributed by atoms with E-state index in [9.17, 15) is 9.90 Å². The van der Waals surface area contributed by atoms with Crippen molar-refractivity contribution >= 4 is 17.6 Å². The van der Waals surface area contributed by atoms with E-state index in [2.05, 4.69) is 0 Å².